The summed E-state index contributed by atoms with van der Waals surface area (Å²) < 4.78 is 0. The minimum Gasteiger partial charge on any atom is -0.340 e. The van der Waals surface area contributed by atoms with Crippen LogP contribution in [0.1, 0.15) is 11.1 Å². The Labute approximate surface area is 151 Å². The Morgan fingerprint density at radius 1 is 1.08 bits per heavy atom. The number of amides is 3. The molecule has 1 aliphatic heterocycles. The van der Waals surface area contributed by atoms with Crippen LogP contribution in [0, 0.1) is 6.92 Å². The van der Waals surface area contributed by atoms with Gasteiger partial charge in [-0.25, -0.2) is 0 Å². The molecule has 0 aliphatic carbocycles. The molecule has 0 saturated heterocycles. The van der Waals surface area contributed by atoms with Crippen LogP contribution in [0.3, 0.4) is 0 Å². The topological polar surface area (TPSA) is 87.3 Å². The third kappa shape index (κ3) is 4.36. The summed E-state index contributed by atoms with van der Waals surface area (Å²) in [6.45, 7) is 1.92. The Kier molecular flexibility index (Phi) is 5.12. The Morgan fingerprint density at radius 3 is 2.65 bits per heavy atom. The molecule has 6 nitrogen and oxygen atoms in total. The second-order valence-corrected chi connectivity index (χ2v) is 6.10. The van der Waals surface area contributed by atoms with Gasteiger partial charge in [0.25, 0.3) is 0 Å². The van der Waals surface area contributed by atoms with Gasteiger partial charge in [-0.15, -0.1) is 0 Å². The second kappa shape index (κ2) is 7.65. The largest absolute Gasteiger partial charge is 0.340 e. The summed E-state index contributed by atoms with van der Waals surface area (Å²) in [4.78, 5) is 36.0. The standard InChI is InChI=1S/C20H19N3O3/c1-13-5-4-7-15(11-13)21-18(24)9-10-19(25)22-17-12-14-6-2-3-8-16(14)23-20(17)26/h2-11,17H,12H2,1H3,(H,21,24)(H,22,25)(H,23,26)/b10-9+. The van der Waals surface area contributed by atoms with E-state index in [9.17, 15) is 14.4 Å². The number of benzene rings is 2. The fraction of sp³-hybridized carbons (Fsp3) is 0.150. The predicted octanol–water partition coefficient (Wildman–Crippen LogP) is 2.17. The SMILES string of the molecule is Cc1cccc(NC(=O)/C=C/C(=O)NC2Cc3ccccc3NC2=O)c1. The third-order valence-electron chi connectivity index (χ3n) is 4.00. The van der Waals surface area contributed by atoms with Crippen LogP contribution in [-0.2, 0) is 20.8 Å². The summed E-state index contributed by atoms with van der Waals surface area (Å²) in [6.07, 6.45) is 2.68. The van der Waals surface area contributed by atoms with Gasteiger partial charge in [0.05, 0.1) is 0 Å². The maximum atomic E-state index is 12.1. The number of anilines is 2. The van der Waals surface area contributed by atoms with Crippen LogP contribution in [0.4, 0.5) is 11.4 Å². The van der Waals surface area contributed by atoms with Crippen molar-refractivity contribution in [3.63, 3.8) is 0 Å². The number of nitrogens with one attached hydrogen (secondary N) is 3. The molecular weight excluding hydrogens is 330 g/mol. The van der Waals surface area contributed by atoms with Crippen LogP contribution in [0.25, 0.3) is 0 Å². The van der Waals surface area contributed by atoms with E-state index in [0.717, 1.165) is 29.0 Å². The molecule has 132 valence electrons. The molecule has 1 atom stereocenters. The zero-order valence-electron chi connectivity index (χ0n) is 14.3. The third-order valence-corrected chi connectivity index (χ3v) is 4.00. The number of para-hydroxylation sites is 1. The smallest absolute Gasteiger partial charge is 0.248 e. The molecule has 2 aromatic carbocycles. The lowest BCUT2D eigenvalue weighted by atomic mass is 9.99. The van der Waals surface area contributed by atoms with Crippen molar-refractivity contribution < 1.29 is 14.4 Å². The molecule has 0 fully saturated rings. The summed E-state index contributed by atoms with van der Waals surface area (Å²) in [5, 5.41) is 8.06. The molecule has 0 spiro atoms. The van der Waals surface area contributed by atoms with Gasteiger partial charge in [-0.2, -0.15) is 0 Å². The van der Waals surface area contributed by atoms with Crippen molar-refractivity contribution in [2.45, 2.75) is 19.4 Å². The highest BCUT2D eigenvalue weighted by atomic mass is 16.2. The van der Waals surface area contributed by atoms with Crippen LogP contribution < -0.4 is 16.0 Å². The van der Waals surface area contributed by atoms with E-state index < -0.39 is 17.9 Å². The molecule has 3 rings (SSSR count). The second-order valence-electron chi connectivity index (χ2n) is 6.10. The fourth-order valence-electron chi connectivity index (χ4n) is 2.75. The molecule has 1 unspecified atom stereocenters. The first kappa shape index (κ1) is 17.4. The van der Waals surface area contributed by atoms with Gasteiger partial charge in [-0.1, -0.05) is 30.3 Å². The van der Waals surface area contributed by atoms with Crippen LogP contribution in [0.2, 0.25) is 0 Å². The molecule has 0 bridgehead atoms. The Morgan fingerprint density at radius 2 is 1.85 bits per heavy atom. The van der Waals surface area contributed by atoms with Gasteiger partial charge in [-0.3, -0.25) is 14.4 Å². The van der Waals surface area contributed by atoms with E-state index in [2.05, 4.69) is 16.0 Å². The molecule has 3 amide bonds. The van der Waals surface area contributed by atoms with E-state index >= 15 is 0 Å². The monoisotopic (exact) mass is 349 g/mol. The number of hydrogen-bond donors (Lipinski definition) is 3. The molecule has 0 saturated carbocycles. The highest BCUT2D eigenvalue weighted by Crippen LogP contribution is 2.21. The first-order valence-corrected chi connectivity index (χ1v) is 8.26. The molecule has 6 heteroatoms. The van der Waals surface area contributed by atoms with Crippen LogP contribution in [0.15, 0.2) is 60.7 Å². The molecule has 3 N–H and O–H groups in total. The predicted molar refractivity (Wildman–Crippen MR) is 99.7 cm³/mol. The average molecular weight is 349 g/mol. The van der Waals surface area contributed by atoms with Crippen molar-refractivity contribution in [3.8, 4) is 0 Å². The van der Waals surface area contributed by atoms with Gasteiger partial charge in [0.15, 0.2) is 0 Å². The lowest BCUT2D eigenvalue weighted by Crippen LogP contribution is -2.47. The lowest BCUT2D eigenvalue weighted by molar-refractivity contribution is -0.124. The molecular formula is C20H19N3O3. The van der Waals surface area contributed by atoms with Crippen molar-refractivity contribution in [3.05, 3.63) is 71.8 Å². The highest BCUT2D eigenvalue weighted by Gasteiger charge is 2.26. The highest BCUT2D eigenvalue weighted by molar-refractivity contribution is 6.05. The normalized spacial score (nSPS) is 15.9. The first-order valence-electron chi connectivity index (χ1n) is 8.26. The number of aryl methyl sites for hydroxylation is 1. The summed E-state index contributed by atoms with van der Waals surface area (Å²) in [5.41, 5.74) is 3.39. The van der Waals surface area contributed by atoms with E-state index in [1.807, 2.05) is 49.4 Å². The van der Waals surface area contributed by atoms with E-state index in [1.165, 1.54) is 0 Å². The van der Waals surface area contributed by atoms with Gasteiger partial charge in [0, 0.05) is 29.9 Å². The van der Waals surface area contributed by atoms with Crippen molar-refractivity contribution in [1.29, 1.82) is 0 Å². The van der Waals surface area contributed by atoms with E-state index in [0.29, 0.717) is 12.1 Å². The maximum absolute atomic E-state index is 12.1. The van der Waals surface area contributed by atoms with E-state index in [4.69, 9.17) is 0 Å². The minimum absolute atomic E-state index is 0.269. The molecule has 0 aromatic heterocycles. The number of hydrogen-bond acceptors (Lipinski definition) is 3. The van der Waals surface area contributed by atoms with E-state index in [-0.39, 0.29) is 5.91 Å². The molecule has 26 heavy (non-hydrogen) atoms. The van der Waals surface area contributed by atoms with Gasteiger partial charge >= 0.3 is 0 Å². The minimum atomic E-state index is -0.665. The summed E-state index contributed by atoms with van der Waals surface area (Å²) in [5.74, 6) is -1.18. The molecule has 1 heterocycles. The molecule has 0 radical (unpaired) electrons. The fourth-order valence-corrected chi connectivity index (χ4v) is 2.75. The molecule has 2 aromatic rings. The summed E-state index contributed by atoms with van der Waals surface area (Å²) in [7, 11) is 0. The Hall–Kier alpha value is -3.41. The van der Waals surface area contributed by atoms with Gasteiger partial charge in [-0.05, 0) is 36.2 Å². The van der Waals surface area contributed by atoms with E-state index in [1.54, 1.807) is 6.07 Å². The number of carbonyl (C=O) groups excluding carboxylic acids is 3. The number of rotatable bonds is 4. The number of fused-ring (bicyclic) bond motifs is 1. The van der Waals surface area contributed by atoms with Gasteiger partial charge < -0.3 is 16.0 Å². The Bertz CT molecular complexity index is 889. The Balaban J connectivity index is 1.56. The average Bonchev–Trinajstić information content (AvgIpc) is 2.61. The molecule has 1 aliphatic rings. The van der Waals surface area contributed by atoms with Gasteiger partial charge in [0.2, 0.25) is 17.7 Å². The first-order chi connectivity index (χ1) is 12.5. The van der Waals surface area contributed by atoms with Crippen molar-refractivity contribution >= 4 is 29.1 Å². The van der Waals surface area contributed by atoms with Gasteiger partial charge in [0.1, 0.15) is 6.04 Å². The zero-order chi connectivity index (χ0) is 18.5. The summed E-state index contributed by atoms with van der Waals surface area (Å²) >= 11 is 0. The van der Waals surface area contributed by atoms with Crippen LogP contribution >= 0.6 is 0 Å². The zero-order valence-corrected chi connectivity index (χ0v) is 14.3. The van der Waals surface area contributed by atoms with Crippen LogP contribution in [-0.4, -0.2) is 23.8 Å². The van der Waals surface area contributed by atoms with Crippen molar-refractivity contribution in [1.82, 2.24) is 5.32 Å². The maximum Gasteiger partial charge on any atom is 0.248 e. The van der Waals surface area contributed by atoms with Crippen molar-refractivity contribution in [2.24, 2.45) is 0 Å². The quantitative estimate of drug-likeness (QED) is 0.739. The van der Waals surface area contributed by atoms with Crippen LogP contribution in [0.5, 0.6) is 0 Å². The number of carbonyl (C=O) groups is 3. The summed E-state index contributed by atoms with van der Waals surface area (Å²) in [6, 6.07) is 14.1. The van der Waals surface area contributed by atoms with Crippen molar-refractivity contribution in [2.75, 3.05) is 10.6 Å². The lowest BCUT2D eigenvalue weighted by Gasteiger charge is -2.24.